The van der Waals surface area contributed by atoms with E-state index >= 15 is 0 Å². The van der Waals surface area contributed by atoms with E-state index in [2.05, 4.69) is 25.8 Å². The molecule has 1 fully saturated rings. The van der Waals surface area contributed by atoms with Crippen molar-refractivity contribution in [3.63, 3.8) is 0 Å². The smallest absolute Gasteiger partial charge is 0.416 e. The van der Waals surface area contributed by atoms with Crippen LogP contribution in [0.3, 0.4) is 0 Å². The number of benzene rings is 1. The van der Waals surface area contributed by atoms with E-state index in [9.17, 15) is 18.3 Å². The molecule has 3 heterocycles. The highest BCUT2D eigenvalue weighted by Gasteiger charge is 2.31. The van der Waals surface area contributed by atoms with Gasteiger partial charge in [0.2, 0.25) is 0 Å². The van der Waals surface area contributed by atoms with Gasteiger partial charge >= 0.3 is 6.18 Å². The number of nitrogens with one attached hydrogen (secondary N) is 2. The molecule has 0 radical (unpaired) electrons. The van der Waals surface area contributed by atoms with E-state index in [0.717, 1.165) is 38.5 Å². The van der Waals surface area contributed by atoms with Gasteiger partial charge in [-0.1, -0.05) is 0 Å². The van der Waals surface area contributed by atoms with Gasteiger partial charge in [-0.15, -0.1) is 10.2 Å². The number of pyridine rings is 1. The number of anilines is 1. The second-order valence-corrected chi connectivity index (χ2v) is 7.12. The van der Waals surface area contributed by atoms with E-state index in [1.54, 1.807) is 18.5 Å². The lowest BCUT2D eigenvalue weighted by Crippen LogP contribution is -2.31. The zero-order valence-corrected chi connectivity index (χ0v) is 15.5. The van der Waals surface area contributed by atoms with E-state index < -0.39 is 17.5 Å². The predicted molar refractivity (Wildman–Crippen MR) is 104 cm³/mol. The molecule has 0 bridgehead atoms. The number of aromatic nitrogens is 3. The lowest BCUT2D eigenvalue weighted by atomic mass is 9.98. The third-order valence-corrected chi connectivity index (χ3v) is 5.18. The van der Waals surface area contributed by atoms with E-state index in [4.69, 9.17) is 0 Å². The number of alkyl halides is 3. The lowest BCUT2D eigenvalue weighted by Gasteiger charge is -2.23. The number of hydrogen-bond acceptors (Lipinski definition) is 6. The Hall–Kier alpha value is -2.94. The summed E-state index contributed by atoms with van der Waals surface area (Å²) in [7, 11) is 0. The molecule has 29 heavy (non-hydrogen) atoms. The molecule has 9 heteroatoms. The number of rotatable bonds is 4. The monoisotopic (exact) mass is 403 g/mol. The molecule has 1 saturated heterocycles. The number of phenols is 1. The molecular formula is C20H20F3N5O. The van der Waals surface area contributed by atoms with Gasteiger partial charge in [0.05, 0.1) is 5.56 Å². The predicted octanol–water partition coefficient (Wildman–Crippen LogP) is 3.83. The van der Waals surface area contributed by atoms with Crippen molar-refractivity contribution in [2.24, 2.45) is 5.92 Å². The molecule has 3 N–H and O–H groups in total. The summed E-state index contributed by atoms with van der Waals surface area (Å²) in [6, 6.07) is 4.55. The quantitative estimate of drug-likeness (QED) is 0.614. The van der Waals surface area contributed by atoms with E-state index in [1.807, 2.05) is 0 Å². The van der Waals surface area contributed by atoms with Crippen LogP contribution in [0.4, 0.5) is 19.0 Å². The second-order valence-electron chi connectivity index (χ2n) is 7.12. The normalized spacial score (nSPS) is 15.6. The Balaban J connectivity index is 1.68. The van der Waals surface area contributed by atoms with Crippen molar-refractivity contribution in [1.29, 1.82) is 0 Å². The van der Waals surface area contributed by atoms with Crippen LogP contribution >= 0.6 is 0 Å². The van der Waals surface area contributed by atoms with Crippen LogP contribution in [-0.2, 0) is 6.18 Å². The van der Waals surface area contributed by atoms with Gasteiger partial charge in [-0.2, -0.15) is 13.2 Å². The molecule has 6 nitrogen and oxygen atoms in total. The number of nitrogens with zero attached hydrogens (tertiary/aromatic N) is 3. The number of aromatic hydroxyl groups is 1. The van der Waals surface area contributed by atoms with Crippen molar-refractivity contribution in [3.8, 4) is 17.0 Å². The summed E-state index contributed by atoms with van der Waals surface area (Å²) in [4.78, 5) is 4.14. The van der Waals surface area contributed by atoms with Crippen molar-refractivity contribution in [2.45, 2.75) is 19.0 Å². The third-order valence-electron chi connectivity index (χ3n) is 5.18. The third kappa shape index (κ3) is 4.09. The Morgan fingerprint density at radius 3 is 2.62 bits per heavy atom. The number of piperidine rings is 1. The average molecular weight is 403 g/mol. The first-order valence-electron chi connectivity index (χ1n) is 9.39. The summed E-state index contributed by atoms with van der Waals surface area (Å²) in [6.45, 7) is 2.74. The molecule has 1 aliphatic heterocycles. The van der Waals surface area contributed by atoms with Gasteiger partial charge in [-0.25, -0.2) is 0 Å². The maximum absolute atomic E-state index is 12.9. The van der Waals surface area contributed by atoms with Gasteiger partial charge in [0.1, 0.15) is 11.4 Å². The van der Waals surface area contributed by atoms with Crippen LogP contribution in [0, 0.1) is 5.92 Å². The van der Waals surface area contributed by atoms with Crippen LogP contribution in [0.2, 0.25) is 0 Å². The molecule has 0 atom stereocenters. The summed E-state index contributed by atoms with van der Waals surface area (Å²) in [5.41, 5.74) is -0.425. The zero-order valence-electron chi connectivity index (χ0n) is 15.5. The van der Waals surface area contributed by atoms with E-state index in [1.165, 1.54) is 6.07 Å². The van der Waals surface area contributed by atoms with Crippen molar-refractivity contribution >= 4 is 16.6 Å². The number of fused-ring (bicyclic) bond motifs is 1. The van der Waals surface area contributed by atoms with Crippen LogP contribution in [0.25, 0.3) is 22.0 Å². The topological polar surface area (TPSA) is 83.0 Å². The first kappa shape index (κ1) is 19.4. The summed E-state index contributed by atoms with van der Waals surface area (Å²) < 4.78 is 38.7. The Kier molecular flexibility index (Phi) is 5.23. The summed E-state index contributed by atoms with van der Waals surface area (Å²) >= 11 is 0. The van der Waals surface area contributed by atoms with Crippen LogP contribution in [0.15, 0.2) is 36.7 Å². The van der Waals surface area contributed by atoms with Crippen molar-refractivity contribution in [2.75, 3.05) is 25.0 Å². The minimum Gasteiger partial charge on any atom is -0.507 e. The summed E-state index contributed by atoms with van der Waals surface area (Å²) in [5, 5.41) is 26.6. The molecule has 0 amide bonds. The average Bonchev–Trinajstić information content (AvgIpc) is 2.72. The van der Waals surface area contributed by atoms with E-state index in [0.29, 0.717) is 34.3 Å². The van der Waals surface area contributed by atoms with Crippen LogP contribution in [0.1, 0.15) is 18.4 Å². The van der Waals surface area contributed by atoms with Gasteiger partial charge < -0.3 is 15.7 Å². The number of phenolic OH excluding ortho intramolecular Hbond substituents is 1. The van der Waals surface area contributed by atoms with Crippen LogP contribution in [0.5, 0.6) is 5.75 Å². The molecule has 0 unspecified atom stereocenters. The minimum atomic E-state index is -4.53. The first-order chi connectivity index (χ1) is 13.9. The first-order valence-corrected chi connectivity index (χ1v) is 9.39. The van der Waals surface area contributed by atoms with Gasteiger partial charge in [-0.05, 0) is 56.1 Å². The standard InChI is InChI=1S/C20H20F3N5O/c21-20(22,23)13-1-2-15(17(29)9-13)18-14-5-8-25-11-16(14)19(28-27-18)26-10-12-3-6-24-7-4-12/h1-2,5,8-9,11-12,24,29H,3-4,6-7,10H2,(H,26,28). The van der Waals surface area contributed by atoms with Gasteiger partial charge in [-0.3, -0.25) is 4.98 Å². The zero-order chi connectivity index (χ0) is 20.4. The minimum absolute atomic E-state index is 0.187. The lowest BCUT2D eigenvalue weighted by molar-refractivity contribution is -0.137. The Morgan fingerprint density at radius 2 is 1.90 bits per heavy atom. The fourth-order valence-corrected chi connectivity index (χ4v) is 3.56. The molecule has 1 aromatic carbocycles. The molecule has 2 aromatic heterocycles. The maximum Gasteiger partial charge on any atom is 0.416 e. The molecule has 4 rings (SSSR count). The highest BCUT2D eigenvalue weighted by atomic mass is 19.4. The highest BCUT2D eigenvalue weighted by molar-refractivity contribution is 6.00. The van der Waals surface area contributed by atoms with Crippen molar-refractivity contribution in [3.05, 3.63) is 42.2 Å². The van der Waals surface area contributed by atoms with Crippen molar-refractivity contribution in [1.82, 2.24) is 20.5 Å². The molecule has 0 spiro atoms. The number of halogens is 3. The summed E-state index contributed by atoms with van der Waals surface area (Å²) in [6.07, 6.45) is 0.836. The van der Waals surface area contributed by atoms with Crippen molar-refractivity contribution < 1.29 is 18.3 Å². The molecule has 0 saturated carbocycles. The largest absolute Gasteiger partial charge is 0.507 e. The van der Waals surface area contributed by atoms with Crippen LogP contribution < -0.4 is 10.6 Å². The molecule has 152 valence electrons. The number of hydrogen-bond donors (Lipinski definition) is 3. The fraction of sp³-hybridized carbons (Fsp3) is 0.350. The fourth-order valence-electron chi connectivity index (χ4n) is 3.56. The van der Waals surface area contributed by atoms with Crippen LogP contribution in [-0.4, -0.2) is 39.9 Å². The van der Waals surface area contributed by atoms with Gasteiger partial charge in [0.25, 0.3) is 0 Å². The van der Waals surface area contributed by atoms with Gasteiger partial charge in [0, 0.05) is 35.3 Å². The molecule has 0 aliphatic carbocycles. The highest BCUT2D eigenvalue weighted by Crippen LogP contribution is 2.38. The Bertz CT molecular complexity index is 1020. The summed E-state index contributed by atoms with van der Waals surface area (Å²) in [5.74, 6) is 0.604. The maximum atomic E-state index is 12.9. The Morgan fingerprint density at radius 1 is 1.10 bits per heavy atom. The second kappa shape index (κ2) is 7.82. The van der Waals surface area contributed by atoms with Gasteiger partial charge in [0.15, 0.2) is 5.82 Å². The Labute approximate surface area is 165 Å². The SMILES string of the molecule is Oc1cc(C(F)(F)F)ccc1-c1nnc(NCC2CCNCC2)c2cnccc12. The molecule has 3 aromatic rings. The van der Waals surface area contributed by atoms with E-state index in [-0.39, 0.29) is 5.56 Å². The molecule has 1 aliphatic rings. The molecular weight excluding hydrogens is 383 g/mol.